The Morgan fingerprint density at radius 1 is 0.621 bits per heavy atom. The molecule has 145 valence electrons. The first-order chi connectivity index (χ1) is 13.7. The van der Waals surface area contributed by atoms with Gasteiger partial charge in [-0.3, -0.25) is 15.4 Å². The summed E-state index contributed by atoms with van der Waals surface area (Å²) in [4.78, 5) is 8.50. The molecule has 0 saturated heterocycles. The first kappa shape index (κ1) is 23.9. The second-order valence-electron chi connectivity index (χ2n) is 5.85. The molecule has 3 N–H and O–H groups in total. The summed E-state index contributed by atoms with van der Waals surface area (Å²) < 4.78 is 0. The van der Waals surface area contributed by atoms with Crippen LogP contribution in [0.5, 0.6) is 0 Å². The molecule has 0 aliphatic heterocycles. The Kier molecular flexibility index (Phi) is 11.5. The van der Waals surface area contributed by atoms with E-state index < -0.39 is 0 Å². The maximum atomic E-state index is 6.28. The van der Waals surface area contributed by atoms with E-state index in [9.17, 15) is 0 Å². The summed E-state index contributed by atoms with van der Waals surface area (Å²) in [5.74, 6) is 0.167. The topological polar surface area (TPSA) is 75.7 Å². The molecule has 0 saturated carbocycles. The van der Waals surface area contributed by atoms with E-state index in [2.05, 4.69) is 34.2 Å². The average Bonchev–Trinajstić information content (AvgIpc) is 2.76. The zero-order chi connectivity index (χ0) is 20.0. The van der Waals surface area contributed by atoms with Crippen LogP contribution in [0.3, 0.4) is 0 Å². The van der Waals surface area contributed by atoms with Gasteiger partial charge in [-0.15, -0.1) is 0 Å². The Morgan fingerprint density at radius 3 is 1.21 bits per heavy atom. The largest absolute Gasteiger partial charge is 3.00 e. The number of nitrogens with zero attached hydrogens (tertiary/aromatic N) is 2. The van der Waals surface area contributed by atoms with Crippen molar-refractivity contribution in [2.24, 2.45) is 5.73 Å². The number of rotatable bonds is 2. The van der Waals surface area contributed by atoms with Crippen molar-refractivity contribution in [1.82, 2.24) is 9.97 Å². The van der Waals surface area contributed by atoms with E-state index in [1.807, 2.05) is 85.2 Å². The molecular weight excluding hydrogens is 445 g/mol. The smallest absolute Gasteiger partial charge is 0.388 e. The second kappa shape index (κ2) is 13.9. The fourth-order valence-electron chi connectivity index (χ4n) is 2.28. The third-order valence-corrected chi connectivity index (χ3v) is 3.47. The van der Waals surface area contributed by atoms with Gasteiger partial charge in [0.2, 0.25) is 0 Å². The van der Waals surface area contributed by atoms with Gasteiger partial charge >= 0.3 is 19.5 Å². The van der Waals surface area contributed by atoms with Crippen LogP contribution in [0.2, 0.25) is 0 Å². The molecule has 0 amide bonds. The van der Waals surface area contributed by atoms with E-state index in [1.165, 1.54) is 6.92 Å². The van der Waals surface area contributed by atoms with Gasteiger partial charge in [0.25, 0.3) is 0 Å². The molecule has 29 heavy (non-hydrogen) atoms. The summed E-state index contributed by atoms with van der Waals surface area (Å²) in [6.07, 6.45) is 3.62. The predicted octanol–water partition coefficient (Wildman–Crippen LogP) is 5.44. The van der Waals surface area contributed by atoms with Crippen molar-refractivity contribution in [3.63, 3.8) is 0 Å². The molecule has 2 aromatic heterocycles. The van der Waals surface area contributed by atoms with E-state index in [-0.39, 0.29) is 25.3 Å². The molecule has 0 bridgehead atoms. The molecule has 0 atom stereocenters. The van der Waals surface area contributed by atoms with Gasteiger partial charge in [0.15, 0.2) is 0 Å². The van der Waals surface area contributed by atoms with Gasteiger partial charge < -0.3 is 5.73 Å². The Labute approximate surface area is 185 Å². The summed E-state index contributed by atoms with van der Waals surface area (Å²) in [6, 6.07) is 32.2. The zero-order valence-corrected chi connectivity index (χ0v) is 18.0. The predicted molar refractivity (Wildman–Crippen MR) is 117 cm³/mol. The molecule has 0 aliphatic rings. The summed E-state index contributed by atoms with van der Waals surface area (Å²) in [5, 5.41) is 6.28. The van der Waals surface area contributed by atoms with Crippen LogP contribution in [0.4, 0.5) is 0 Å². The van der Waals surface area contributed by atoms with E-state index in [1.54, 1.807) is 0 Å². The Hall–Kier alpha value is -3.17. The van der Waals surface area contributed by atoms with Gasteiger partial charge in [-0.25, -0.2) is 0 Å². The first-order valence-corrected chi connectivity index (χ1v) is 8.90. The van der Waals surface area contributed by atoms with Crippen LogP contribution in [0, 0.1) is 5.41 Å². The minimum atomic E-state index is 0. The normalized spacial score (nSPS) is 8.86. The quantitative estimate of drug-likeness (QED) is 0.233. The van der Waals surface area contributed by atoms with Crippen molar-refractivity contribution < 1.29 is 19.5 Å². The number of aromatic nitrogens is 2. The number of benzene rings is 2. The number of pyridine rings is 2. The van der Waals surface area contributed by atoms with Crippen molar-refractivity contribution in [2.75, 3.05) is 0 Å². The Morgan fingerprint density at radius 2 is 0.931 bits per heavy atom. The molecule has 2 aromatic carbocycles. The maximum Gasteiger partial charge on any atom is 3.00 e. The fraction of sp³-hybridized carbons (Fsp3) is 0.0417. The van der Waals surface area contributed by atoms with Gasteiger partial charge in [0.1, 0.15) is 0 Å². The molecule has 4 aromatic rings. The van der Waals surface area contributed by atoms with Crippen LogP contribution in [-0.2, 0) is 19.5 Å². The SMILES string of the molecule is CC(=N)N.[Ru+3].c1ccc(-c2ccccn2)cc1.c1ccc(-c2ccccn2)cc1. The second-order valence-corrected chi connectivity index (χ2v) is 5.85. The van der Waals surface area contributed by atoms with Crippen LogP contribution >= 0.6 is 0 Å². The Balaban J connectivity index is 0.000000239. The average molecular weight is 470 g/mol. The van der Waals surface area contributed by atoms with Crippen molar-refractivity contribution in [3.05, 3.63) is 109 Å². The van der Waals surface area contributed by atoms with Crippen molar-refractivity contribution in [3.8, 4) is 22.5 Å². The van der Waals surface area contributed by atoms with Crippen molar-refractivity contribution in [2.45, 2.75) is 6.92 Å². The number of amidine groups is 1. The summed E-state index contributed by atoms with van der Waals surface area (Å²) in [6.45, 7) is 1.53. The van der Waals surface area contributed by atoms with Gasteiger partial charge in [0, 0.05) is 23.5 Å². The minimum Gasteiger partial charge on any atom is -0.388 e. The van der Waals surface area contributed by atoms with Crippen LogP contribution in [0.1, 0.15) is 6.92 Å². The van der Waals surface area contributed by atoms with Crippen molar-refractivity contribution >= 4 is 5.84 Å². The molecule has 0 unspecified atom stereocenters. The number of hydrogen-bond acceptors (Lipinski definition) is 3. The molecule has 1 radical (unpaired) electrons. The summed E-state index contributed by atoms with van der Waals surface area (Å²) in [5.41, 5.74) is 9.08. The van der Waals surface area contributed by atoms with E-state index in [4.69, 9.17) is 11.1 Å². The molecule has 0 aliphatic carbocycles. The molecule has 5 heteroatoms. The molecule has 0 spiro atoms. The van der Waals surface area contributed by atoms with Crippen molar-refractivity contribution in [1.29, 1.82) is 5.41 Å². The van der Waals surface area contributed by atoms with Gasteiger partial charge in [-0.2, -0.15) is 0 Å². The number of hydrogen-bond donors (Lipinski definition) is 2. The van der Waals surface area contributed by atoms with Crippen LogP contribution in [0.15, 0.2) is 109 Å². The van der Waals surface area contributed by atoms with E-state index in [0.29, 0.717) is 0 Å². The third kappa shape index (κ3) is 9.54. The van der Waals surface area contributed by atoms with Gasteiger partial charge in [-0.1, -0.05) is 72.8 Å². The first-order valence-electron chi connectivity index (χ1n) is 8.90. The number of nitrogens with one attached hydrogen (secondary N) is 1. The summed E-state index contributed by atoms with van der Waals surface area (Å²) >= 11 is 0. The monoisotopic (exact) mass is 470 g/mol. The van der Waals surface area contributed by atoms with Crippen LogP contribution in [-0.4, -0.2) is 15.8 Å². The summed E-state index contributed by atoms with van der Waals surface area (Å²) in [7, 11) is 0. The van der Waals surface area contributed by atoms with Crippen LogP contribution in [0.25, 0.3) is 22.5 Å². The fourth-order valence-corrected chi connectivity index (χ4v) is 2.28. The van der Waals surface area contributed by atoms with E-state index >= 15 is 0 Å². The molecular formula is C24H24N4Ru+3. The molecule has 2 heterocycles. The zero-order valence-electron chi connectivity index (χ0n) is 16.2. The third-order valence-electron chi connectivity index (χ3n) is 3.47. The molecule has 4 rings (SSSR count). The molecule has 0 fully saturated rings. The number of nitrogens with two attached hydrogens (primary N) is 1. The maximum absolute atomic E-state index is 6.28. The van der Waals surface area contributed by atoms with Gasteiger partial charge in [-0.05, 0) is 31.2 Å². The van der Waals surface area contributed by atoms with Crippen LogP contribution < -0.4 is 5.73 Å². The van der Waals surface area contributed by atoms with E-state index in [0.717, 1.165) is 22.5 Å². The molecule has 4 nitrogen and oxygen atoms in total. The Bertz CT molecular complexity index is 777. The minimum absolute atomic E-state index is 0. The van der Waals surface area contributed by atoms with Gasteiger partial charge in [0.05, 0.1) is 17.2 Å². The standard InChI is InChI=1S/2C11H9N.C2H6N2.Ru/c2*1-2-6-10(7-3-1)11-8-4-5-9-12-11;1-2(3)4;/h2*1-9H;1H3,(H3,3,4);/q;;;+3.